The van der Waals surface area contributed by atoms with Crippen LogP contribution in [0.25, 0.3) is 0 Å². The number of rotatable bonds is 3. The lowest BCUT2D eigenvalue weighted by Crippen LogP contribution is -2.14. The first-order valence-electron chi connectivity index (χ1n) is 2.53. The summed E-state index contributed by atoms with van der Waals surface area (Å²) in [5.41, 5.74) is 5.04. The Hall–Kier alpha value is -0.200. The van der Waals surface area contributed by atoms with Crippen molar-refractivity contribution in [3.8, 4) is 0 Å². The minimum absolute atomic E-state index is 0.428. The molecule has 0 aromatic heterocycles. The topological polar surface area (TPSA) is 102 Å². The third-order valence-corrected chi connectivity index (χ3v) is 0.477. The molecule has 1 atom stereocenters. The summed E-state index contributed by atoms with van der Waals surface area (Å²) in [7, 11) is 0. The van der Waals surface area contributed by atoms with Gasteiger partial charge in [-0.3, -0.25) is 0 Å². The van der Waals surface area contributed by atoms with E-state index in [0.29, 0.717) is 13.2 Å². The molecule has 0 aliphatic rings. The minimum atomic E-state index is -0.677. The Morgan fingerprint density at radius 1 is 1.56 bits per heavy atom. The predicted molar refractivity (Wildman–Crippen MR) is 32.7 cm³/mol. The van der Waals surface area contributed by atoms with E-state index in [1.807, 2.05) is 0 Å². The molecule has 0 spiro atoms. The molecule has 5 nitrogen and oxygen atoms in total. The van der Waals surface area contributed by atoms with Crippen LogP contribution in [0.1, 0.15) is 6.92 Å². The zero-order valence-corrected chi connectivity index (χ0v) is 5.45. The first kappa shape index (κ1) is 11.6. The summed E-state index contributed by atoms with van der Waals surface area (Å²) in [6.07, 6.45) is -0.677. The Morgan fingerprint density at radius 2 is 2.00 bits per heavy atom. The Kier molecular flexibility index (Phi) is 13.8. The average Bonchev–Trinajstić information content (AvgIpc) is 1.88. The Labute approximate surface area is 54.2 Å². The molecule has 0 amide bonds. The van der Waals surface area contributed by atoms with Gasteiger partial charge in [0.25, 0.3) is 0 Å². The smallest absolute Gasteiger partial charge is 0.151 e. The number of hydrogen-bond donors (Lipinski definition) is 4. The van der Waals surface area contributed by atoms with Crippen LogP contribution in [0.4, 0.5) is 0 Å². The monoisotopic (exact) mass is 138 g/mol. The number of aliphatic hydroxyl groups is 1. The van der Waals surface area contributed by atoms with E-state index in [4.69, 9.17) is 16.0 Å². The first-order valence-corrected chi connectivity index (χ1v) is 2.53. The fraction of sp³-hybridized carbons (Fsp3) is 1.00. The van der Waals surface area contributed by atoms with Gasteiger partial charge in [-0.1, -0.05) is 0 Å². The van der Waals surface area contributed by atoms with Crippen LogP contribution < -0.4 is 11.6 Å². The molecule has 58 valence electrons. The molecule has 9 heavy (non-hydrogen) atoms. The molecular weight excluding hydrogens is 124 g/mol. The van der Waals surface area contributed by atoms with E-state index in [0.717, 1.165) is 0 Å². The van der Waals surface area contributed by atoms with Crippen molar-refractivity contribution in [3.63, 3.8) is 0 Å². The van der Waals surface area contributed by atoms with Gasteiger partial charge in [-0.05, 0) is 6.92 Å². The summed E-state index contributed by atoms with van der Waals surface area (Å²) in [6, 6.07) is 0. The molecular formula is C4H14N2O3. The molecule has 6 N–H and O–H groups in total. The maximum absolute atomic E-state index is 8.41. The van der Waals surface area contributed by atoms with Gasteiger partial charge < -0.3 is 20.8 Å². The summed E-state index contributed by atoms with van der Waals surface area (Å²) in [6.45, 7) is 2.44. The number of nitrogens with two attached hydrogens (primary N) is 2. The fourth-order valence-electron chi connectivity index (χ4n) is 0.239. The zero-order chi connectivity index (χ0) is 7.70. The molecule has 0 fully saturated rings. The maximum atomic E-state index is 8.41. The first-order chi connectivity index (χ1) is 4.27. The van der Waals surface area contributed by atoms with E-state index in [1.54, 1.807) is 6.92 Å². The third-order valence-electron chi connectivity index (χ3n) is 0.477. The van der Waals surface area contributed by atoms with Crippen molar-refractivity contribution in [2.75, 3.05) is 13.2 Å². The second-order valence-electron chi connectivity index (χ2n) is 1.26. The normalized spacial score (nSPS) is 11.7. The number of ether oxygens (including phenoxy) is 1. The Morgan fingerprint density at radius 3 is 2.11 bits per heavy atom. The second-order valence-corrected chi connectivity index (χ2v) is 1.26. The molecule has 0 heterocycles. The van der Waals surface area contributed by atoms with Gasteiger partial charge in [-0.2, -0.15) is 0 Å². The van der Waals surface area contributed by atoms with Gasteiger partial charge >= 0.3 is 0 Å². The van der Waals surface area contributed by atoms with Gasteiger partial charge in [0, 0.05) is 6.54 Å². The van der Waals surface area contributed by atoms with E-state index in [2.05, 4.69) is 10.6 Å². The third kappa shape index (κ3) is 18.2. The molecule has 0 bridgehead atoms. The minimum Gasteiger partial charge on any atom is -0.368 e. The standard InChI is InChI=1S/C4H11NO2.H3NO/c1-4(6)7-3-2-5;1-2/h4,6H,2-3,5H2,1H3;2H,1H2. The van der Waals surface area contributed by atoms with Crippen molar-refractivity contribution in [1.29, 1.82) is 0 Å². The van der Waals surface area contributed by atoms with Gasteiger partial charge in [0.2, 0.25) is 0 Å². The van der Waals surface area contributed by atoms with E-state index < -0.39 is 6.29 Å². The molecule has 0 aliphatic carbocycles. The summed E-state index contributed by atoms with van der Waals surface area (Å²) < 4.78 is 4.62. The van der Waals surface area contributed by atoms with Crippen molar-refractivity contribution >= 4 is 0 Å². The highest BCUT2D eigenvalue weighted by Gasteiger charge is 1.88. The largest absolute Gasteiger partial charge is 0.368 e. The average molecular weight is 138 g/mol. The van der Waals surface area contributed by atoms with Crippen LogP contribution in [0.3, 0.4) is 0 Å². The molecule has 1 unspecified atom stereocenters. The van der Waals surface area contributed by atoms with Crippen molar-refractivity contribution in [1.82, 2.24) is 0 Å². The Bertz CT molecular complexity index is 42.8. The van der Waals surface area contributed by atoms with Gasteiger partial charge in [0.05, 0.1) is 6.61 Å². The summed E-state index contributed by atoms with van der Waals surface area (Å²) in [5.74, 6) is 3.50. The Balaban J connectivity index is 0. The summed E-state index contributed by atoms with van der Waals surface area (Å²) >= 11 is 0. The highest BCUT2D eigenvalue weighted by atomic mass is 16.6. The van der Waals surface area contributed by atoms with Crippen molar-refractivity contribution < 1.29 is 15.1 Å². The van der Waals surface area contributed by atoms with Gasteiger partial charge in [-0.15, -0.1) is 0 Å². The SMILES string of the molecule is CC(O)OCCN.NO. The summed E-state index contributed by atoms with van der Waals surface area (Å²) in [5, 5.41) is 14.9. The highest BCUT2D eigenvalue weighted by Crippen LogP contribution is 1.78. The van der Waals surface area contributed by atoms with Gasteiger partial charge in [0.1, 0.15) is 0 Å². The van der Waals surface area contributed by atoms with E-state index in [1.165, 1.54) is 0 Å². The number of hydrogen-bond acceptors (Lipinski definition) is 5. The van der Waals surface area contributed by atoms with Crippen LogP contribution in [0.15, 0.2) is 0 Å². The molecule has 0 rings (SSSR count). The van der Waals surface area contributed by atoms with E-state index >= 15 is 0 Å². The second kappa shape index (κ2) is 10.7. The van der Waals surface area contributed by atoms with E-state index in [-0.39, 0.29) is 0 Å². The van der Waals surface area contributed by atoms with Crippen LogP contribution in [0.2, 0.25) is 0 Å². The van der Waals surface area contributed by atoms with Crippen LogP contribution in [0.5, 0.6) is 0 Å². The zero-order valence-electron chi connectivity index (χ0n) is 5.45. The molecule has 0 saturated heterocycles. The van der Waals surface area contributed by atoms with Crippen molar-refractivity contribution in [2.45, 2.75) is 13.2 Å². The van der Waals surface area contributed by atoms with Crippen LogP contribution in [-0.2, 0) is 4.74 Å². The van der Waals surface area contributed by atoms with Crippen LogP contribution in [0, 0.1) is 0 Å². The quantitative estimate of drug-likeness (QED) is 0.285. The number of aliphatic hydroxyl groups excluding tert-OH is 1. The molecule has 0 saturated carbocycles. The fourth-order valence-corrected chi connectivity index (χ4v) is 0.239. The van der Waals surface area contributed by atoms with Crippen molar-refractivity contribution in [3.05, 3.63) is 0 Å². The molecule has 0 radical (unpaired) electrons. The maximum Gasteiger partial charge on any atom is 0.151 e. The molecule has 0 aromatic carbocycles. The molecule has 5 heteroatoms. The van der Waals surface area contributed by atoms with Crippen LogP contribution >= 0.6 is 0 Å². The lowest BCUT2D eigenvalue weighted by molar-refractivity contribution is -0.0819. The van der Waals surface area contributed by atoms with Gasteiger partial charge in [0.15, 0.2) is 6.29 Å². The lowest BCUT2D eigenvalue weighted by Gasteiger charge is -2.02. The predicted octanol–water partition coefficient (Wildman–Crippen LogP) is -1.37. The van der Waals surface area contributed by atoms with Crippen molar-refractivity contribution in [2.24, 2.45) is 11.6 Å². The lowest BCUT2D eigenvalue weighted by atomic mass is 10.7. The van der Waals surface area contributed by atoms with Gasteiger partial charge in [-0.25, -0.2) is 5.90 Å². The highest BCUT2D eigenvalue weighted by molar-refractivity contribution is 4.29. The van der Waals surface area contributed by atoms with Crippen LogP contribution in [-0.4, -0.2) is 29.8 Å². The van der Waals surface area contributed by atoms with E-state index in [9.17, 15) is 0 Å². The molecule has 0 aromatic rings. The molecule has 0 aliphatic heterocycles. The summed E-state index contributed by atoms with van der Waals surface area (Å²) in [4.78, 5) is 0.